The van der Waals surface area contributed by atoms with Gasteiger partial charge in [-0.25, -0.2) is 0 Å². The Hall–Kier alpha value is -2.65. The van der Waals surface area contributed by atoms with Crippen molar-refractivity contribution >= 4 is 22.4 Å². The van der Waals surface area contributed by atoms with Crippen molar-refractivity contribution in [3.8, 4) is 0 Å². The molecule has 3 rings (SSSR count). The molecule has 3 nitrogen and oxygen atoms in total. The zero-order valence-electron chi connectivity index (χ0n) is 11.5. The van der Waals surface area contributed by atoms with Crippen LogP contribution in [0.1, 0.15) is 15.9 Å². The van der Waals surface area contributed by atoms with E-state index in [0.717, 1.165) is 22.0 Å². The van der Waals surface area contributed by atoms with Gasteiger partial charge in [0.25, 0.3) is 5.91 Å². The van der Waals surface area contributed by atoms with Gasteiger partial charge in [0, 0.05) is 17.8 Å². The van der Waals surface area contributed by atoms with Crippen LogP contribution in [0.4, 0.5) is 5.69 Å². The molecule has 0 heterocycles. The van der Waals surface area contributed by atoms with Gasteiger partial charge in [-0.05, 0) is 40.6 Å². The van der Waals surface area contributed by atoms with E-state index in [0.29, 0.717) is 12.1 Å². The fraction of sp³-hybridized carbons (Fsp3) is 0.0556. The Bertz CT molecular complexity index is 779. The summed E-state index contributed by atoms with van der Waals surface area (Å²) in [4.78, 5) is 12.2. The molecule has 0 aliphatic heterocycles. The number of carbonyl (C=O) groups is 1. The summed E-state index contributed by atoms with van der Waals surface area (Å²) in [6.07, 6.45) is 0. The van der Waals surface area contributed by atoms with Crippen LogP contribution in [0.25, 0.3) is 10.8 Å². The Morgan fingerprint density at radius 1 is 0.905 bits per heavy atom. The van der Waals surface area contributed by atoms with Crippen LogP contribution < -0.4 is 11.1 Å². The minimum Gasteiger partial charge on any atom is -0.326 e. The molecular weight excluding hydrogens is 260 g/mol. The van der Waals surface area contributed by atoms with E-state index in [-0.39, 0.29) is 5.91 Å². The molecule has 3 aromatic carbocycles. The maximum absolute atomic E-state index is 12.2. The van der Waals surface area contributed by atoms with Crippen molar-refractivity contribution in [3.05, 3.63) is 77.9 Å². The highest BCUT2D eigenvalue weighted by atomic mass is 16.1. The molecule has 1 amide bonds. The largest absolute Gasteiger partial charge is 0.326 e. The molecule has 0 spiro atoms. The molecule has 104 valence electrons. The van der Waals surface area contributed by atoms with Crippen LogP contribution in [0.5, 0.6) is 0 Å². The van der Waals surface area contributed by atoms with Crippen molar-refractivity contribution in [2.75, 3.05) is 5.32 Å². The second kappa shape index (κ2) is 5.77. The van der Waals surface area contributed by atoms with Crippen LogP contribution >= 0.6 is 0 Å². The van der Waals surface area contributed by atoms with Crippen molar-refractivity contribution in [1.82, 2.24) is 0 Å². The fourth-order valence-corrected chi connectivity index (χ4v) is 2.26. The van der Waals surface area contributed by atoms with Crippen LogP contribution in [-0.4, -0.2) is 5.91 Å². The van der Waals surface area contributed by atoms with Crippen LogP contribution in [0, 0.1) is 0 Å². The summed E-state index contributed by atoms with van der Waals surface area (Å²) in [6, 6.07) is 21.3. The summed E-state index contributed by atoms with van der Waals surface area (Å²) in [7, 11) is 0. The number of nitrogens with two attached hydrogens (primary N) is 1. The lowest BCUT2D eigenvalue weighted by Gasteiger charge is -2.07. The van der Waals surface area contributed by atoms with Gasteiger partial charge in [-0.15, -0.1) is 0 Å². The first-order valence-electron chi connectivity index (χ1n) is 6.85. The molecule has 0 atom stereocenters. The van der Waals surface area contributed by atoms with E-state index in [1.165, 1.54) is 0 Å². The molecule has 0 bridgehead atoms. The Balaban J connectivity index is 1.81. The van der Waals surface area contributed by atoms with Gasteiger partial charge < -0.3 is 11.1 Å². The molecule has 21 heavy (non-hydrogen) atoms. The summed E-state index contributed by atoms with van der Waals surface area (Å²) in [5, 5.41) is 5.18. The number of nitrogens with one attached hydrogen (secondary N) is 1. The third-order valence-electron chi connectivity index (χ3n) is 3.46. The lowest BCUT2D eigenvalue weighted by Crippen LogP contribution is -2.12. The molecule has 0 radical (unpaired) electrons. The predicted molar refractivity (Wildman–Crippen MR) is 86.2 cm³/mol. The van der Waals surface area contributed by atoms with Crippen LogP contribution in [0.3, 0.4) is 0 Å². The molecule has 0 saturated carbocycles. The number of hydrogen-bond acceptors (Lipinski definition) is 2. The predicted octanol–water partition coefficient (Wildman–Crippen LogP) is 3.55. The zero-order valence-corrected chi connectivity index (χ0v) is 11.5. The van der Waals surface area contributed by atoms with Crippen LogP contribution in [0.15, 0.2) is 66.7 Å². The first kappa shape index (κ1) is 13.3. The third kappa shape index (κ3) is 2.93. The second-order valence-corrected chi connectivity index (χ2v) is 4.92. The molecule has 0 unspecified atom stereocenters. The minimum atomic E-state index is -0.117. The van der Waals surface area contributed by atoms with Gasteiger partial charge in [-0.1, -0.05) is 42.5 Å². The summed E-state index contributed by atoms with van der Waals surface area (Å²) >= 11 is 0. The molecular formula is C18H16N2O. The van der Waals surface area contributed by atoms with E-state index in [1.54, 1.807) is 12.1 Å². The summed E-state index contributed by atoms with van der Waals surface area (Å²) in [5.41, 5.74) is 7.98. The van der Waals surface area contributed by atoms with Crippen LogP contribution in [0.2, 0.25) is 0 Å². The molecule has 0 saturated heterocycles. The van der Waals surface area contributed by atoms with Crippen molar-refractivity contribution in [2.24, 2.45) is 5.73 Å². The molecule has 0 aliphatic rings. The number of benzene rings is 3. The maximum atomic E-state index is 12.2. The first-order valence-corrected chi connectivity index (χ1v) is 6.85. The topological polar surface area (TPSA) is 55.1 Å². The maximum Gasteiger partial charge on any atom is 0.255 e. The molecule has 0 aromatic heterocycles. The van der Waals surface area contributed by atoms with E-state index >= 15 is 0 Å². The zero-order chi connectivity index (χ0) is 14.7. The van der Waals surface area contributed by atoms with Gasteiger partial charge >= 0.3 is 0 Å². The minimum absolute atomic E-state index is 0.117. The van der Waals surface area contributed by atoms with Crippen LogP contribution in [-0.2, 0) is 6.54 Å². The average molecular weight is 276 g/mol. The first-order chi connectivity index (χ1) is 10.3. The number of fused-ring (bicyclic) bond motifs is 1. The van der Waals surface area contributed by atoms with Gasteiger partial charge in [-0.2, -0.15) is 0 Å². The number of rotatable bonds is 3. The molecule has 3 heteroatoms. The Morgan fingerprint density at radius 2 is 1.62 bits per heavy atom. The third-order valence-corrected chi connectivity index (χ3v) is 3.46. The summed E-state index contributed by atoms with van der Waals surface area (Å²) in [5.74, 6) is -0.117. The van der Waals surface area contributed by atoms with Gasteiger partial charge in [0.15, 0.2) is 0 Å². The van der Waals surface area contributed by atoms with Crippen molar-refractivity contribution in [3.63, 3.8) is 0 Å². The van der Waals surface area contributed by atoms with Gasteiger partial charge in [-0.3, -0.25) is 4.79 Å². The Morgan fingerprint density at radius 3 is 2.33 bits per heavy atom. The van der Waals surface area contributed by atoms with Crippen molar-refractivity contribution in [1.29, 1.82) is 0 Å². The lowest BCUT2D eigenvalue weighted by molar-refractivity contribution is 0.102. The van der Waals surface area contributed by atoms with E-state index in [1.807, 2.05) is 54.6 Å². The number of hydrogen-bond donors (Lipinski definition) is 2. The second-order valence-electron chi connectivity index (χ2n) is 4.92. The molecule has 0 fully saturated rings. The lowest BCUT2D eigenvalue weighted by atomic mass is 10.1. The van der Waals surface area contributed by atoms with Gasteiger partial charge in [0.2, 0.25) is 0 Å². The molecule has 0 aliphatic carbocycles. The standard InChI is InChI=1S/C18H16N2O/c19-12-13-5-7-15(8-6-13)18(21)20-17-10-9-14-3-1-2-4-16(14)11-17/h1-11H,12,19H2,(H,20,21). The van der Waals surface area contributed by atoms with Crippen molar-refractivity contribution < 1.29 is 4.79 Å². The van der Waals surface area contributed by atoms with E-state index in [4.69, 9.17) is 5.73 Å². The Kier molecular flexibility index (Phi) is 3.67. The Labute approximate surface area is 123 Å². The fourth-order valence-electron chi connectivity index (χ4n) is 2.26. The highest BCUT2D eigenvalue weighted by Crippen LogP contribution is 2.19. The molecule has 3 aromatic rings. The number of carbonyl (C=O) groups excluding carboxylic acids is 1. The SMILES string of the molecule is NCc1ccc(C(=O)Nc2ccc3ccccc3c2)cc1. The normalized spacial score (nSPS) is 10.5. The highest BCUT2D eigenvalue weighted by molar-refractivity contribution is 6.05. The summed E-state index contributed by atoms with van der Waals surface area (Å²) < 4.78 is 0. The highest BCUT2D eigenvalue weighted by Gasteiger charge is 2.06. The van der Waals surface area contributed by atoms with E-state index in [9.17, 15) is 4.79 Å². The van der Waals surface area contributed by atoms with E-state index in [2.05, 4.69) is 5.32 Å². The molecule has 3 N–H and O–H groups in total. The smallest absolute Gasteiger partial charge is 0.255 e. The average Bonchev–Trinajstić information content (AvgIpc) is 2.55. The summed E-state index contributed by atoms with van der Waals surface area (Å²) in [6.45, 7) is 0.479. The monoisotopic (exact) mass is 276 g/mol. The number of amides is 1. The number of anilines is 1. The quantitative estimate of drug-likeness (QED) is 0.768. The van der Waals surface area contributed by atoms with E-state index < -0.39 is 0 Å². The van der Waals surface area contributed by atoms with Gasteiger partial charge in [0.1, 0.15) is 0 Å². The van der Waals surface area contributed by atoms with Gasteiger partial charge in [0.05, 0.1) is 0 Å². The van der Waals surface area contributed by atoms with Crippen molar-refractivity contribution in [2.45, 2.75) is 6.54 Å².